The Hall–Kier alpha value is -4.70. The van der Waals surface area contributed by atoms with Crippen molar-refractivity contribution in [1.29, 1.82) is 0 Å². The van der Waals surface area contributed by atoms with Gasteiger partial charge in [0, 0.05) is 44.0 Å². The van der Waals surface area contributed by atoms with Gasteiger partial charge in [-0.1, -0.05) is 54.1 Å². The van der Waals surface area contributed by atoms with Crippen LogP contribution in [0.3, 0.4) is 0 Å². The molecule has 0 saturated carbocycles. The first-order valence-corrected chi connectivity index (χ1v) is 16.7. The number of esters is 4. The van der Waals surface area contributed by atoms with Crippen LogP contribution in [0.5, 0.6) is 0 Å². The van der Waals surface area contributed by atoms with E-state index in [1.165, 1.54) is 43.8 Å². The molecule has 16 heteroatoms. The number of benzene rings is 2. The summed E-state index contributed by atoms with van der Waals surface area (Å²) in [5, 5.41) is 13.2. The molecule has 0 N–H and O–H groups in total. The number of halogens is 1. The third-order valence-corrected chi connectivity index (χ3v) is 8.86. The van der Waals surface area contributed by atoms with Crippen molar-refractivity contribution in [3.05, 3.63) is 87.3 Å². The lowest BCUT2D eigenvalue weighted by Crippen LogP contribution is -2.59. The SMILES string of the molecule is CC(=O)OC[C@H]1O[C@@H](c2ccc(Cl)c(Cc3ccc(-c4nnn(COCc5ccccc5)n4)s3)c2)[C@H](OC(C)=O)[C@@H](OC(C)=O)[C@@H]1OC(C)=O. The molecule has 0 amide bonds. The van der Waals surface area contributed by atoms with Crippen molar-refractivity contribution in [1.82, 2.24) is 20.2 Å². The van der Waals surface area contributed by atoms with Crippen LogP contribution >= 0.6 is 22.9 Å². The lowest BCUT2D eigenvalue weighted by Gasteiger charge is -2.44. The maximum atomic E-state index is 12.3. The monoisotopic (exact) mass is 726 g/mol. The Balaban J connectivity index is 1.37. The van der Waals surface area contributed by atoms with E-state index in [4.69, 9.17) is 40.0 Å². The summed E-state index contributed by atoms with van der Waals surface area (Å²) in [6.07, 6.45) is -5.47. The van der Waals surface area contributed by atoms with Crippen molar-refractivity contribution >= 4 is 46.8 Å². The largest absolute Gasteiger partial charge is 0.463 e. The highest BCUT2D eigenvalue weighted by molar-refractivity contribution is 7.15. The minimum Gasteiger partial charge on any atom is -0.463 e. The average Bonchev–Trinajstić information content (AvgIpc) is 3.73. The van der Waals surface area contributed by atoms with Gasteiger partial charge < -0.3 is 28.4 Å². The fourth-order valence-corrected chi connectivity index (χ4v) is 6.54. The van der Waals surface area contributed by atoms with Gasteiger partial charge in [-0.3, -0.25) is 19.2 Å². The third-order valence-electron chi connectivity index (χ3n) is 7.41. The molecule has 1 aliphatic heterocycles. The first kappa shape index (κ1) is 36.6. The number of carbonyl (C=O) groups excluding carboxylic acids is 4. The summed E-state index contributed by atoms with van der Waals surface area (Å²) in [7, 11) is 0. The lowest BCUT2D eigenvalue weighted by molar-refractivity contribution is -0.254. The van der Waals surface area contributed by atoms with Crippen LogP contribution in [-0.4, -0.2) is 75.1 Å². The summed E-state index contributed by atoms with van der Waals surface area (Å²) in [6.45, 7) is 4.98. The fourth-order valence-electron chi connectivity index (χ4n) is 5.40. The van der Waals surface area contributed by atoms with E-state index in [9.17, 15) is 19.2 Å². The molecule has 1 fully saturated rings. The number of rotatable bonds is 13. The highest BCUT2D eigenvalue weighted by Gasteiger charge is 2.52. The van der Waals surface area contributed by atoms with Crippen LogP contribution in [0.2, 0.25) is 5.02 Å². The van der Waals surface area contributed by atoms with Gasteiger partial charge in [0.1, 0.15) is 18.8 Å². The molecular formula is C34H35ClN4O10S. The van der Waals surface area contributed by atoms with Gasteiger partial charge in [0.15, 0.2) is 25.0 Å². The molecule has 1 saturated heterocycles. The maximum Gasteiger partial charge on any atom is 0.303 e. The van der Waals surface area contributed by atoms with Crippen molar-refractivity contribution in [2.24, 2.45) is 0 Å². The summed E-state index contributed by atoms with van der Waals surface area (Å²) in [5.74, 6) is -2.26. The molecule has 4 aromatic rings. The molecule has 0 radical (unpaired) electrons. The van der Waals surface area contributed by atoms with Gasteiger partial charge >= 0.3 is 23.9 Å². The molecule has 0 bridgehead atoms. The Bertz CT molecular complexity index is 1820. The summed E-state index contributed by atoms with van der Waals surface area (Å²) in [4.78, 5) is 51.4. The van der Waals surface area contributed by atoms with Crippen LogP contribution in [-0.2, 0) is 67.4 Å². The minimum absolute atomic E-state index is 0.141. The van der Waals surface area contributed by atoms with Gasteiger partial charge in [0.05, 0.1) is 11.5 Å². The summed E-state index contributed by atoms with van der Waals surface area (Å²) >= 11 is 8.12. The zero-order valence-electron chi connectivity index (χ0n) is 27.6. The molecule has 2 aromatic heterocycles. The van der Waals surface area contributed by atoms with E-state index < -0.39 is 54.4 Å². The van der Waals surface area contributed by atoms with Crippen LogP contribution < -0.4 is 0 Å². The van der Waals surface area contributed by atoms with E-state index in [0.29, 0.717) is 29.4 Å². The Morgan fingerprint density at radius 1 is 0.860 bits per heavy atom. The number of ether oxygens (including phenoxy) is 6. The summed E-state index contributed by atoms with van der Waals surface area (Å²) in [6, 6.07) is 18.8. The number of nitrogens with zero attached hydrogens (tertiary/aromatic N) is 4. The second kappa shape index (κ2) is 16.8. The summed E-state index contributed by atoms with van der Waals surface area (Å²) in [5.41, 5.74) is 2.28. The van der Waals surface area contributed by atoms with Gasteiger partial charge in [-0.15, -0.1) is 26.3 Å². The predicted octanol–water partition coefficient (Wildman–Crippen LogP) is 4.62. The molecule has 14 nitrogen and oxygen atoms in total. The van der Waals surface area contributed by atoms with Gasteiger partial charge in [0.25, 0.3) is 0 Å². The molecule has 3 heterocycles. The minimum atomic E-state index is -1.29. The number of hydrogen-bond acceptors (Lipinski definition) is 14. The van der Waals surface area contributed by atoms with Crippen LogP contribution in [0, 0.1) is 0 Å². The van der Waals surface area contributed by atoms with Crippen molar-refractivity contribution < 1.29 is 47.6 Å². The van der Waals surface area contributed by atoms with Crippen molar-refractivity contribution in [3.63, 3.8) is 0 Å². The Kier molecular flexibility index (Phi) is 12.3. The van der Waals surface area contributed by atoms with E-state index in [1.807, 2.05) is 42.5 Å². The smallest absolute Gasteiger partial charge is 0.303 e. The highest BCUT2D eigenvalue weighted by Crippen LogP contribution is 2.39. The molecule has 0 aliphatic carbocycles. The number of hydrogen-bond donors (Lipinski definition) is 0. The number of tetrazole rings is 1. The number of thiophene rings is 1. The van der Waals surface area contributed by atoms with E-state index in [-0.39, 0.29) is 13.3 Å². The molecule has 1 aliphatic rings. The van der Waals surface area contributed by atoms with Gasteiger partial charge in [-0.25, -0.2) is 0 Å². The van der Waals surface area contributed by atoms with Crippen LogP contribution in [0.25, 0.3) is 10.7 Å². The van der Waals surface area contributed by atoms with Gasteiger partial charge in [-0.2, -0.15) is 0 Å². The van der Waals surface area contributed by atoms with Crippen LogP contribution in [0.1, 0.15) is 55.4 Å². The molecule has 5 atom stereocenters. The Morgan fingerprint density at radius 3 is 2.26 bits per heavy atom. The molecule has 0 spiro atoms. The van der Waals surface area contributed by atoms with Crippen molar-refractivity contribution in [2.75, 3.05) is 6.61 Å². The Morgan fingerprint density at radius 2 is 1.56 bits per heavy atom. The third kappa shape index (κ3) is 9.72. The van der Waals surface area contributed by atoms with Gasteiger partial charge in [-0.05, 0) is 40.1 Å². The standard InChI is InChI=1S/C34H35ClN4O10S/c1-19(40)45-17-28-31(46-20(2)41)33(48-22(4)43)32(47-21(3)42)30(49-28)24-10-12-27(35)25(14-24)15-26-11-13-29(50-26)34-36-38-39(37-34)18-44-16-23-8-6-5-7-9-23/h5-14,28,30-33H,15-18H2,1-4H3/t28-,30+,31-,32+,33+/m1/s1. The number of aromatic nitrogens is 4. The van der Waals surface area contributed by atoms with E-state index >= 15 is 0 Å². The molecule has 50 heavy (non-hydrogen) atoms. The highest BCUT2D eigenvalue weighted by atomic mass is 35.5. The fraction of sp³-hybridized carbons (Fsp3) is 0.382. The first-order valence-electron chi connectivity index (χ1n) is 15.5. The molecule has 5 rings (SSSR count). The second-order valence-corrected chi connectivity index (χ2v) is 12.9. The normalized spacial score (nSPS) is 20.1. The van der Waals surface area contributed by atoms with E-state index in [1.54, 1.807) is 18.2 Å². The second-order valence-electron chi connectivity index (χ2n) is 11.4. The van der Waals surface area contributed by atoms with Crippen LogP contribution in [0.15, 0.2) is 60.7 Å². The molecule has 0 unspecified atom stereocenters. The van der Waals surface area contributed by atoms with Crippen LogP contribution in [0.4, 0.5) is 0 Å². The lowest BCUT2D eigenvalue weighted by atomic mass is 9.89. The van der Waals surface area contributed by atoms with Gasteiger partial charge in [0.2, 0.25) is 5.82 Å². The topological polar surface area (TPSA) is 167 Å². The predicted molar refractivity (Wildman–Crippen MR) is 178 cm³/mol. The molecular weight excluding hydrogens is 692 g/mol. The Labute approximate surface area is 296 Å². The van der Waals surface area contributed by atoms with E-state index in [0.717, 1.165) is 20.9 Å². The average molecular weight is 727 g/mol. The molecule has 264 valence electrons. The summed E-state index contributed by atoms with van der Waals surface area (Å²) < 4.78 is 33.9. The van der Waals surface area contributed by atoms with Crippen molar-refractivity contribution in [3.8, 4) is 10.7 Å². The van der Waals surface area contributed by atoms with Crippen molar-refractivity contribution in [2.45, 2.75) is 78.0 Å². The zero-order valence-corrected chi connectivity index (χ0v) is 29.2. The maximum absolute atomic E-state index is 12.3. The zero-order chi connectivity index (χ0) is 35.8. The molecule has 2 aromatic carbocycles. The first-order chi connectivity index (χ1) is 24.0. The number of carbonyl (C=O) groups is 4. The van der Waals surface area contributed by atoms with E-state index in [2.05, 4.69) is 15.4 Å². The quantitative estimate of drug-likeness (QED) is 0.138.